The van der Waals surface area contributed by atoms with Crippen molar-refractivity contribution in [1.29, 1.82) is 0 Å². The van der Waals surface area contributed by atoms with Crippen LogP contribution in [-0.2, 0) is 6.54 Å². The first kappa shape index (κ1) is 17.1. The summed E-state index contributed by atoms with van der Waals surface area (Å²) in [4.78, 5) is 11.0. The van der Waals surface area contributed by atoms with Gasteiger partial charge in [-0.1, -0.05) is 23.7 Å². The van der Waals surface area contributed by atoms with Crippen molar-refractivity contribution in [3.63, 3.8) is 0 Å². The van der Waals surface area contributed by atoms with Gasteiger partial charge in [-0.15, -0.1) is 0 Å². The van der Waals surface area contributed by atoms with Crippen LogP contribution in [0.4, 0.5) is 5.95 Å². The second-order valence-electron chi connectivity index (χ2n) is 6.49. The average Bonchev–Trinajstić information content (AvgIpc) is 3.16. The van der Waals surface area contributed by atoms with E-state index in [0.717, 1.165) is 49.0 Å². The molecule has 5 nitrogen and oxygen atoms in total. The Balaban J connectivity index is 1.35. The number of hydrogen-bond acceptors (Lipinski definition) is 5. The molecule has 3 aromatic rings. The van der Waals surface area contributed by atoms with Crippen LogP contribution in [0.2, 0.25) is 5.02 Å². The van der Waals surface area contributed by atoms with E-state index >= 15 is 0 Å². The van der Waals surface area contributed by atoms with E-state index in [4.69, 9.17) is 16.0 Å². The minimum absolute atomic E-state index is 0.396. The third-order valence-corrected chi connectivity index (χ3v) is 4.83. The van der Waals surface area contributed by atoms with Crippen LogP contribution in [0.25, 0.3) is 11.3 Å². The van der Waals surface area contributed by atoms with E-state index in [9.17, 15) is 0 Å². The van der Waals surface area contributed by atoms with Gasteiger partial charge in [0.1, 0.15) is 11.5 Å². The van der Waals surface area contributed by atoms with Crippen molar-refractivity contribution < 1.29 is 4.42 Å². The van der Waals surface area contributed by atoms with Crippen molar-refractivity contribution >= 4 is 17.5 Å². The Hall–Kier alpha value is -2.37. The highest BCUT2D eigenvalue weighted by Crippen LogP contribution is 2.25. The molecule has 0 amide bonds. The van der Waals surface area contributed by atoms with Crippen LogP contribution in [0.1, 0.15) is 18.6 Å². The Morgan fingerprint density at radius 3 is 2.88 bits per heavy atom. The molecule has 1 fully saturated rings. The van der Waals surface area contributed by atoms with Crippen LogP contribution in [-0.4, -0.2) is 29.1 Å². The smallest absolute Gasteiger partial charge is 0.225 e. The van der Waals surface area contributed by atoms with Gasteiger partial charge in [0.25, 0.3) is 0 Å². The standard InChI is InChI=1S/C20H21ClN4O/c21-16-5-1-4-15(12-16)19-8-7-18(26-19)13-24-17-6-2-11-25(14-17)20-22-9-3-10-23-20/h1,3-5,7-10,12,17,24H,2,6,11,13-14H2. The van der Waals surface area contributed by atoms with Crippen LogP contribution in [0, 0.1) is 0 Å². The van der Waals surface area contributed by atoms with Gasteiger partial charge in [-0.05, 0) is 43.2 Å². The summed E-state index contributed by atoms with van der Waals surface area (Å²) in [7, 11) is 0. The first-order valence-electron chi connectivity index (χ1n) is 8.88. The monoisotopic (exact) mass is 368 g/mol. The topological polar surface area (TPSA) is 54.2 Å². The minimum atomic E-state index is 0.396. The summed E-state index contributed by atoms with van der Waals surface area (Å²) in [5.41, 5.74) is 0.994. The van der Waals surface area contributed by atoms with Gasteiger partial charge in [0.2, 0.25) is 5.95 Å². The summed E-state index contributed by atoms with van der Waals surface area (Å²) in [5.74, 6) is 2.57. The highest BCUT2D eigenvalue weighted by molar-refractivity contribution is 6.30. The predicted molar refractivity (Wildman–Crippen MR) is 103 cm³/mol. The number of nitrogens with one attached hydrogen (secondary N) is 1. The lowest BCUT2D eigenvalue weighted by Crippen LogP contribution is -2.46. The maximum absolute atomic E-state index is 6.06. The molecule has 1 atom stereocenters. The van der Waals surface area contributed by atoms with Crippen molar-refractivity contribution in [3.05, 3.63) is 65.6 Å². The van der Waals surface area contributed by atoms with Gasteiger partial charge in [-0.2, -0.15) is 0 Å². The van der Waals surface area contributed by atoms with Crippen molar-refractivity contribution in [2.45, 2.75) is 25.4 Å². The van der Waals surface area contributed by atoms with Crippen molar-refractivity contribution in [2.75, 3.05) is 18.0 Å². The Labute approximate surface area is 158 Å². The molecule has 1 aliphatic heterocycles. The summed E-state index contributed by atoms with van der Waals surface area (Å²) in [6.07, 6.45) is 5.85. The molecule has 26 heavy (non-hydrogen) atoms. The van der Waals surface area contributed by atoms with Crippen LogP contribution in [0.5, 0.6) is 0 Å². The number of benzene rings is 1. The van der Waals surface area contributed by atoms with Crippen LogP contribution in [0.15, 0.2) is 59.3 Å². The molecule has 0 bridgehead atoms. The number of anilines is 1. The van der Waals surface area contributed by atoms with Crippen LogP contribution >= 0.6 is 11.6 Å². The molecule has 1 saturated heterocycles. The third kappa shape index (κ3) is 4.06. The maximum atomic E-state index is 6.06. The minimum Gasteiger partial charge on any atom is -0.460 e. The van der Waals surface area contributed by atoms with Crippen molar-refractivity contribution in [2.24, 2.45) is 0 Å². The lowest BCUT2D eigenvalue weighted by Gasteiger charge is -2.33. The SMILES string of the molecule is Clc1cccc(-c2ccc(CNC3CCCN(c4ncccn4)C3)o2)c1. The summed E-state index contributed by atoms with van der Waals surface area (Å²) in [6, 6.07) is 14.0. The van der Waals surface area contributed by atoms with Gasteiger partial charge in [-0.3, -0.25) is 0 Å². The number of piperidine rings is 1. The molecule has 1 aromatic carbocycles. The number of rotatable bonds is 5. The predicted octanol–water partition coefficient (Wildman–Crippen LogP) is 4.15. The molecule has 6 heteroatoms. The second kappa shape index (κ2) is 7.89. The zero-order valence-corrected chi connectivity index (χ0v) is 15.2. The van der Waals surface area contributed by atoms with E-state index in [2.05, 4.69) is 20.2 Å². The summed E-state index contributed by atoms with van der Waals surface area (Å²) in [5, 5.41) is 4.31. The fourth-order valence-electron chi connectivity index (χ4n) is 3.29. The number of nitrogens with zero attached hydrogens (tertiary/aromatic N) is 3. The molecule has 2 aromatic heterocycles. The molecule has 4 rings (SSSR count). The number of halogens is 1. The molecule has 1 aliphatic rings. The Morgan fingerprint density at radius 1 is 1.15 bits per heavy atom. The molecule has 1 N–H and O–H groups in total. The van der Waals surface area contributed by atoms with E-state index in [-0.39, 0.29) is 0 Å². The molecule has 3 heterocycles. The van der Waals surface area contributed by atoms with Gasteiger partial charge in [0, 0.05) is 42.1 Å². The Morgan fingerprint density at radius 2 is 2.04 bits per heavy atom. The van der Waals surface area contributed by atoms with Gasteiger partial charge in [0.15, 0.2) is 0 Å². The fraction of sp³-hybridized carbons (Fsp3) is 0.300. The van der Waals surface area contributed by atoms with Gasteiger partial charge in [0.05, 0.1) is 6.54 Å². The molecule has 0 radical (unpaired) electrons. The van der Waals surface area contributed by atoms with E-state index in [1.54, 1.807) is 12.4 Å². The Kier molecular flexibility index (Phi) is 5.18. The zero-order valence-electron chi connectivity index (χ0n) is 14.4. The quantitative estimate of drug-likeness (QED) is 0.733. The van der Waals surface area contributed by atoms with Crippen LogP contribution < -0.4 is 10.2 Å². The maximum Gasteiger partial charge on any atom is 0.225 e. The van der Waals surface area contributed by atoms with E-state index in [1.807, 2.05) is 42.5 Å². The second-order valence-corrected chi connectivity index (χ2v) is 6.93. The number of aromatic nitrogens is 2. The summed E-state index contributed by atoms with van der Waals surface area (Å²) >= 11 is 6.06. The average molecular weight is 369 g/mol. The normalized spacial score (nSPS) is 17.4. The van der Waals surface area contributed by atoms with Crippen molar-refractivity contribution in [3.8, 4) is 11.3 Å². The lowest BCUT2D eigenvalue weighted by molar-refractivity contribution is 0.395. The van der Waals surface area contributed by atoms with E-state index < -0.39 is 0 Å². The van der Waals surface area contributed by atoms with Crippen molar-refractivity contribution in [1.82, 2.24) is 15.3 Å². The molecule has 0 saturated carbocycles. The molecular formula is C20H21ClN4O. The summed E-state index contributed by atoms with van der Waals surface area (Å²) < 4.78 is 5.97. The van der Waals surface area contributed by atoms with Gasteiger partial charge in [-0.25, -0.2) is 9.97 Å². The Bertz CT molecular complexity index is 852. The molecule has 0 spiro atoms. The zero-order chi connectivity index (χ0) is 17.8. The fourth-order valence-corrected chi connectivity index (χ4v) is 3.48. The highest BCUT2D eigenvalue weighted by Gasteiger charge is 2.21. The molecular weight excluding hydrogens is 348 g/mol. The highest BCUT2D eigenvalue weighted by atomic mass is 35.5. The van der Waals surface area contributed by atoms with E-state index in [1.165, 1.54) is 0 Å². The largest absolute Gasteiger partial charge is 0.460 e. The van der Waals surface area contributed by atoms with E-state index in [0.29, 0.717) is 17.6 Å². The van der Waals surface area contributed by atoms with Gasteiger partial charge >= 0.3 is 0 Å². The summed E-state index contributed by atoms with van der Waals surface area (Å²) in [6.45, 7) is 2.61. The first-order chi connectivity index (χ1) is 12.8. The molecule has 134 valence electrons. The number of hydrogen-bond donors (Lipinski definition) is 1. The molecule has 0 aliphatic carbocycles. The lowest BCUT2D eigenvalue weighted by atomic mass is 10.1. The molecule has 1 unspecified atom stereocenters. The number of furan rings is 1. The van der Waals surface area contributed by atoms with Crippen LogP contribution in [0.3, 0.4) is 0 Å². The third-order valence-electron chi connectivity index (χ3n) is 4.59. The van der Waals surface area contributed by atoms with Gasteiger partial charge < -0.3 is 14.6 Å². The first-order valence-corrected chi connectivity index (χ1v) is 9.26.